The van der Waals surface area contributed by atoms with Gasteiger partial charge >= 0.3 is 0 Å². The third-order valence-electron chi connectivity index (χ3n) is 1.89. The van der Waals surface area contributed by atoms with Gasteiger partial charge in [-0.25, -0.2) is 13.1 Å². The molecule has 0 radical (unpaired) electrons. The summed E-state index contributed by atoms with van der Waals surface area (Å²) >= 11 is 4.43. The fourth-order valence-electron chi connectivity index (χ4n) is 1.11. The fourth-order valence-corrected chi connectivity index (χ4v) is 4.33. The first kappa shape index (κ1) is 14.1. The number of hydrogen-bond donors (Lipinski definition) is 1. The summed E-state index contributed by atoms with van der Waals surface area (Å²) in [5, 5.41) is 0. The van der Waals surface area contributed by atoms with Crippen molar-refractivity contribution >= 4 is 37.3 Å². The average molecular weight is 328 g/mol. The molecule has 0 bridgehead atoms. The normalized spacial score (nSPS) is 13.9. The lowest BCUT2D eigenvalue weighted by molar-refractivity contribution is 0.161. The smallest absolute Gasteiger partial charge is 0.250 e. The first-order valence-electron chi connectivity index (χ1n) is 4.69. The highest BCUT2D eigenvalue weighted by Gasteiger charge is 2.17. The second-order valence-corrected chi connectivity index (χ2v) is 7.93. The van der Waals surface area contributed by atoms with E-state index in [1.54, 1.807) is 19.2 Å². The molecule has 1 rings (SSSR count). The van der Waals surface area contributed by atoms with Gasteiger partial charge in [0.2, 0.25) is 10.0 Å². The summed E-state index contributed by atoms with van der Waals surface area (Å²) in [6.45, 7) is 2.85. The minimum atomic E-state index is -3.37. The summed E-state index contributed by atoms with van der Waals surface area (Å²) in [5.74, 6) is 0.156. The van der Waals surface area contributed by atoms with Crippen LogP contribution in [0.1, 0.15) is 6.92 Å². The van der Waals surface area contributed by atoms with E-state index in [4.69, 9.17) is 4.74 Å². The molecule has 0 aliphatic heterocycles. The highest BCUT2D eigenvalue weighted by Crippen LogP contribution is 2.25. The molecule has 92 valence electrons. The van der Waals surface area contributed by atoms with Gasteiger partial charge in [-0.1, -0.05) is 6.92 Å². The lowest BCUT2D eigenvalue weighted by Gasteiger charge is -2.10. The van der Waals surface area contributed by atoms with Crippen LogP contribution in [0.4, 0.5) is 0 Å². The van der Waals surface area contributed by atoms with Crippen molar-refractivity contribution in [1.82, 2.24) is 4.72 Å². The predicted molar refractivity (Wildman–Crippen MR) is 68.2 cm³/mol. The molecule has 1 atom stereocenters. The molecule has 0 fully saturated rings. The van der Waals surface area contributed by atoms with Crippen LogP contribution in [0.5, 0.6) is 0 Å². The Balaban J connectivity index is 2.59. The van der Waals surface area contributed by atoms with Crippen molar-refractivity contribution in [3.63, 3.8) is 0 Å². The van der Waals surface area contributed by atoms with Crippen LogP contribution in [0.25, 0.3) is 0 Å². The second-order valence-electron chi connectivity index (χ2n) is 3.47. The van der Waals surface area contributed by atoms with E-state index in [9.17, 15) is 8.42 Å². The van der Waals surface area contributed by atoms with Crippen molar-refractivity contribution in [2.45, 2.75) is 11.1 Å². The van der Waals surface area contributed by atoms with Gasteiger partial charge in [0, 0.05) is 20.3 Å². The fraction of sp³-hybridized carbons (Fsp3) is 0.556. The quantitative estimate of drug-likeness (QED) is 0.870. The van der Waals surface area contributed by atoms with E-state index in [0.29, 0.717) is 17.4 Å². The van der Waals surface area contributed by atoms with E-state index in [-0.39, 0.29) is 5.92 Å². The Kier molecular flexibility index (Phi) is 5.39. The highest BCUT2D eigenvalue weighted by molar-refractivity contribution is 9.11. The molecule has 1 heterocycles. The summed E-state index contributed by atoms with van der Waals surface area (Å²) in [7, 11) is -1.77. The van der Waals surface area contributed by atoms with Gasteiger partial charge in [-0.3, -0.25) is 0 Å². The number of halogens is 1. The van der Waals surface area contributed by atoms with E-state index in [2.05, 4.69) is 20.7 Å². The van der Waals surface area contributed by atoms with Crippen LogP contribution in [-0.4, -0.2) is 28.7 Å². The van der Waals surface area contributed by atoms with E-state index < -0.39 is 10.0 Å². The highest BCUT2D eigenvalue weighted by atomic mass is 79.9. The Labute approximate surface area is 108 Å². The third kappa shape index (κ3) is 4.14. The lowest BCUT2D eigenvalue weighted by Crippen LogP contribution is -2.29. The Morgan fingerprint density at radius 1 is 1.56 bits per heavy atom. The third-order valence-corrected chi connectivity index (χ3v) is 5.43. The van der Waals surface area contributed by atoms with Crippen molar-refractivity contribution in [2.24, 2.45) is 5.92 Å². The molecule has 0 aromatic carbocycles. The summed E-state index contributed by atoms with van der Waals surface area (Å²) in [4.78, 5) is 0. The van der Waals surface area contributed by atoms with Crippen LogP contribution in [0, 0.1) is 5.92 Å². The van der Waals surface area contributed by atoms with E-state index in [1.807, 2.05) is 6.92 Å². The Morgan fingerprint density at radius 2 is 2.25 bits per heavy atom. The molecule has 1 aromatic heterocycles. The van der Waals surface area contributed by atoms with E-state index >= 15 is 0 Å². The molecule has 16 heavy (non-hydrogen) atoms. The van der Waals surface area contributed by atoms with Crippen LogP contribution >= 0.6 is 27.3 Å². The summed E-state index contributed by atoms with van der Waals surface area (Å²) < 4.78 is 32.2. The zero-order chi connectivity index (χ0) is 12.2. The van der Waals surface area contributed by atoms with Gasteiger partial charge in [0.25, 0.3) is 0 Å². The van der Waals surface area contributed by atoms with Gasteiger partial charge in [-0.05, 0) is 34.0 Å². The second kappa shape index (κ2) is 6.11. The largest absolute Gasteiger partial charge is 0.384 e. The maximum atomic E-state index is 11.8. The molecule has 4 nitrogen and oxygen atoms in total. The van der Waals surface area contributed by atoms with Gasteiger partial charge in [0.05, 0.1) is 3.79 Å². The number of rotatable bonds is 6. The molecule has 1 aromatic rings. The minimum Gasteiger partial charge on any atom is -0.384 e. The molecule has 0 aliphatic carbocycles. The van der Waals surface area contributed by atoms with Gasteiger partial charge in [0.1, 0.15) is 4.21 Å². The minimum absolute atomic E-state index is 0.156. The number of nitrogens with one attached hydrogen (secondary N) is 1. The standard InChI is InChI=1S/C9H14BrNO3S2/c1-7(6-14-2)5-11-16(12,13)9-4-3-8(10)15-9/h3-4,7,11H,5-6H2,1-2H3. The molecular formula is C9H14BrNO3S2. The van der Waals surface area contributed by atoms with Crippen LogP contribution in [-0.2, 0) is 14.8 Å². The van der Waals surface area contributed by atoms with Crippen LogP contribution in [0.2, 0.25) is 0 Å². The van der Waals surface area contributed by atoms with Crippen LogP contribution < -0.4 is 4.72 Å². The van der Waals surface area contributed by atoms with Crippen molar-refractivity contribution in [1.29, 1.82) is 0 Å². The van der Waals surface area contributed by atoms with Gasteiger partial charge in [0.15, 0.2) is 0 Å². The average Bonchev–Trinajstić information content (AvgIpc) is 2.63. The molecular weight excluding hydrogens is 314 g/mol. The first-order valence-corrected chi connectivity index (χ1v) is 7.79. The molecule has 0 saturated carbocycles. The number of thiophene rings is 1. The Morgan fingerprint density at radius 3 is 2.75 bits per heavy atom. The van der Waals surface area contributed by atoms with E-state index in [0.717, 1.165) is 3.79 Å². The SMILES string of the molecule is COCC(C)CNS(=O)(=O)c1ccc(Br)s1. The van der Waals surface area contributed by atoms with Crippen molar-refractivity contribution in [3.05, 3.63) is 15.9 Å². The molecule has 0 aliphatic rings. The zero-order valence-corrected chi connectivity index (χ0v) is 12.3. The summed E-state index contributed by atoms with van der Waals surface area (Å²) in [5.41, 5.74) is 0. The van der Waals surface area contributed by atoms with Crippen molar-refractivity contribution in [3.8, 4) is 0 Å². The number of methoxy groups -OCH3 is 1. The monoisotopic (exact) mass is 327 g/mol. The van der Waals surface area contributed by atoms with Crippen molar-refractivity contribution in [2.75, 3.05) is 20.3 Å². The number of sulfonamides is 1. The lowest BCUT2D eigenvalue weighted by atomic mass is 10.2. The van der Waals surface area contributed by atoms with Crippen LogP contribution in [0.15, 0.2) is 20.1 Å². The van der Waals surface area contributed by atoms with Crippen molar-refractivity contribution < 1.29 is 13.2 Å². The van der Waals surface area contributed by atoms with Gasteiger partial charge in [-0.2, -0.15) is 0 Å². The molecule has 1 N–H and O–H groups in total. The number of ether oxygens (including phenoxy) is 1. The van der Waals surface area contributed by atoms with Gasteiger partial charge < -0.3 is 4.74 Å². The molecule has 0 amide bonds. The Bertz CT molecular complexity index is 430. The summed E-state index contributed by atoms with van der Waals surface area (Å²) in [6.07, 6.45) is 0. The van der Waals surface area contributed by atoms with Gasteiger partial charge in [-0.15, -0.1) is 11.3 Å². The maximum Gasteiger partial charge on any atom is 0.250 e. The number of hydrogen-bond acceptors (Lipinski definition) is 4. The predicted octanol–water partition coefficient (Wildman–Crippen LogP) is 2.07. The molecule has 1 unspecified atom stereocenters. The van der Waals surface area contributed by atoms with Crippen LogP contribution in [0.3, 0.4) is 0 Å². The summed E-state index contributed by atoms with van der Waals surface area (Å²) in [6, 6.07) is 3.30. The topological polar surface area (TPSA) is 55.4 Å². The molecule has 0 saturated heterocycles. The Hall–Kier alpha value is 0.0500. The zero-order valence-electron chi connectivity index (χ0n) is 9.07. The first-order chi connectivity index (χ1) is 7.45. The maximum absolute atomic E-state index is 11.8. The molecule has 0 spiro atoms. The molecule has 7 heteroatoms. The van der Waals surface area contributed by atoms with E-state index in [1.165, 1.54) is 11.3 Å².